The van der Waals surface area contributed by atoms with Crippen LogP contribution in [0.4, 0.5) is 0 Å². The lowest BCUT2D eigenvalue weighted by atomic mass is 10.1. The van der Waals surface area contributed by atoms with E-state index in [1.54, 1.807) is 11.8 Å². The SMILES string of the molecule is CSCCC(NC(=O)CC(N)C(=O)O)C(=O)NCCN. The third-order valence-corrected chi connectivity index (χ3v) is 3.07. The number of nitrogens with one attached hydrogen (secondary N) is 2. The molecule has 0 radical (unpaired) electrons. The van der Waals surface area contributed by atoms with Crippen LogP contribution >= 0.6 is 11.8 Å². The summed E-state index contributed by atoms with van der Waals surface area (Å²) in [5.41, 5.74) is 10.6. The van der Waals surface area contributed by atoms with Gasteiger partial charge in [-0.3, -0.25) is 14.4 Å². The standard InChI is InChI=1S/C11H22N4O4S/c1-20-5-2-8(10(17)14-4-3-12)15-9(16)6-7(13)11(18)19/h7-8H,2-6,12-13H2,1H3,(H,14,17)(H,15,16)(H,18,19). The predicted molar refractivity (Wildman–Crippen MR) is 77.2 cm³/mol. The van der Waals surface area contributed by atoms with E-state index in [-0.39, 0.29) is 12.3 Å². The van der Waals surface area contributed by atoms with Gasteiger partial charge in [-0.2, -0.15) is 11.8 Å². The molecule has 2 atom stereocenters. The molecule has 20 heavy (non-hydrogen) atoms. The number of thioether (sulfide) groups is 1. The summed E-state index contributed by atoms with van der Waals surface area (Å²) < 4.78 is 0. The summed E-state index contributed by atoms with van der Waals surface area (Å²) in [6.07, 6.45) is 1.97. The third-order valence-electron chi connectivity index (χ3n) is 2.43. The molecule has 2 amide bonds. The minimum Gasteiger partial charge on any atom is -0.480 e. The van der Waals surface area contributed by atoms with Crippen LogP contribution in [0.15, 0.2) is 0 Å². The molecule has 116 valence electrons. The number of aliphatic carboxylic acids is 1. The first-order valence-corrected chi connectivity index (χ1v) is 7.56. The quantitative estimate of drug-likeness (QED) is 0.316. The topological polar surface area (TPSA) is 148 Å². The molecule has 0 spiro atoms. The summed E-state index contributed by atoms with van der Waals surface area (Å²) in [6, 6.07) is -1.98. The van der Waals surface area contributed by atoms with Crippen molar-refractivity contribution in [2.75, 3.05) is 25.1 Å². The number of carboxylic acid groups (broad SMARTS) is 1. The molecule has 0 aliphatic heterocycles. The summed E-state index contributed by atoms with van der Waals surface area (Å²) in [5, 5.41) is 13.7. The fraction of sp³-hybridized carbons (Fsp3) is 0.727. The van der Waals surface area contributed by atoms with Crippen molar-refractivity contribution in [2.45, 2.75) is 24.9 Å². The predicted octanol–water partition coefficient (Wildman–Crippen LogP) is -1.90. The molecular weight excluding hydrogens is 284 g/mol. The van der Waals surface area contributed by atoms with E-state index < -0.39 is 24.0 Å². The van der Waals surface area contributed by atoms with Gasteiger partial charge < -0.3 is 27.2 Å². The highest BCUT2D eigenvalue weighted by Gasteiger charge is 2.22. The van der Waals surface area contributed by atoms with Gasteiger partial charge in [0.25, 0.3) is 0 Å². The number of rotatable bonds is 10. The number of carboxylic acids is 1. The lowest BCUT2D eigenvalue weighted by molar-refractivity contribution is -0.140. The van der Waals surface area contributed by atoms with Gasteiger partial charge in [0, 0.05) is 13.1 Å². The molecule has 0 aliphatic carbocycles. The molecule has 0 heterocycles. The molecule has 0 rings (SSSR count). The van der Waals surface area contributed by atoms with Crippen molar-refractivity contribution in [2.24, 2.45) is 11.5 Å². The number of carbonyl (C=O) groups is 3. The van der Waals surface area contributed by atoms with Crippen molar-refractivity contribution in [1.29, 1.82) is 0 Å². The monoisotopic (exact) mass is 306 g/mol. The number of hydrogen-bond donors (Lipinski definition) is 5. The summed E-state index contributed by atoms with van der Waals surface area (Å²) in [7, 11) is 0. The lowest BCUT2D eigenvalue weighted by Crippen LogP contribution is -2.49. The van der Waals surface area contributed by atoms with Crippen molar-refractivity contribution in [3.8, 4) is 0 Å². The third kappa shape index (κ3) is 7.97. The Morgan fingerprint density at radius 1 is 1.35 bits per heavy atom. The zero-order chi connectivity index (χ0) is 15.5. The van der Waals surface area contributed by atoms with Gasteiger partial charge in [0.05, 0.1) is 6.42 Å². The smallest absolute Gasteiger partial charge is 0.321 e. The van der Waals surface area contributed by atoms with Gasteiger partial charge in [-0.25, -0.2) is 0 Å². The number of nitrogens with two attached hydrogens (primary N) is 2. The second-order valence-electron chi connectivity index (χ2n) is 4.13. The van der Waals surface area contributed by atoms with E-state index in [1.807, 2.05) is 6.26 Å². The second-order valence-corrected chi connectivity index (χ2v) is 5.12. The Balaban J connectivity index is 4.43. The highest BCUT2D eigenvalue weighted by Crippen LogP contribution is 2.02. The van der Waals surface area contributed by atoms with E-state index in [4.69, 9.17) is 16.6 Å². The Morgan fingerprint density at radius 3 is 2.50 bits per heavy atom. The highest BCUT2D eigenvalue weighted by atomic mass is 32.2. The summed E-state index contributed by atoms with van der Waals surface area (Å²) in [4.78, 5) is 34.0. The number of carbonyl (C=O) groups excluding carboxylic acids is 2. The normalized spacial score (nSPS) is 13.3. The first-order chi connectivity index (χ1) is 9.42. The van der Waals surface area contributed by atoms with Crippen molar-refractivity contribution < 1.29 is 19.5 Å². The van der Waals surface area contributed by atoms with Gasteiger partial charge in [0.15, 0.2) is 0 Å². The van der Waals surface area contributed by atoms with Gasteiger partial charge in [-0.1, -0.05) is 0 Å². The molecule has 0 fully saturated rings. The molecule has 0 aromatic heterocycles. The van der Waals surface area contributed by atoms with Crippen LogP contribution in [-0.4, -0.2) is 60.1 Å². The summed E-state index contributed by atoms with van der Waals surface area (Å²) in [6.45, 7) is 0.623. The number of amides is 2. The average molecular weight is 306 g/mol. The fourth-order valence-corrected chi connectivity index (χ4v) is 1.83. The van der Waals surface area contributed by atoms with Crippen LogP contribution in [0, 0.1) is 0 Å². The maximum atomic E-state index is 11.8. The highest BCUT2D eigenvalue weighted by molar-refractivity contribution is 7.98. The molecule has 0 saturated heterocycles. The Kier molecular flexibility index (Phi) is 9.77. The molecule has 8 nitrogen and oxygen atoms in total. The van der Waals surface area contributed by atoms with E-state index >= 15 is 0 Å². The Bertz CT molecular complexity index is 340. The maximum absolute atomic E-state index is 11.8. The lowest BCUT2D eigenvalue weighted by Gasteiger charge is -2.18. The molecular formula is C11H22N4O4S. The van der Waals surface area contributed by atoms with E-state index in [0.29, 0.717) is 25.3 Å². The second kappa shape index (κ2) is 10.5. The van der Waals surface area contributed by atoms with Crippen LogP contribution in [0.1, 0.15) is 12.8 Å². The van der Waals surface area contributed by atoms with Crippen LogP contribution < -0.4 is 22.1 Å². The van der Waals surface area contributed by atoms with E-state index in [0.717, 1.165) is 0 Å². The van der Waals surface area contributed by atoms with Gasteiger partial charge in [0.1, 0.15) is 12.1 Å². The van der Waals surface area contributed by atoms with Crippen LogP contribution in [0.2, 0.25) is 0 Å². The van der Waals surface area contributed by atoms with Crippen LogP contribution in [0.25, 0.3) is 0 Å². The summed E-state index contributed by atoms with van der Waals surface area (Å²) >= 11 is 1.54. The zero-order valence-corrected chi connectivity index (χ0v) is 12.2. The maximum Gasteiger partial charge on any atom is 0.321 e. The number of hydrogen-bond acceptors (Lipinski definition) is 6. The van der Waals surface area contributed by atoms with Crippen molar-refractivity contribution in [3.05, 3.63) is 0 Å². The van der Waals surface area contributed by atoms with Gasteiger partial charge in [-0.15, -0.1) is 0 Å². The zero-order valence-electron chi connectivity index (χ0n) is 11.4. The first kappa shape index (κ1) is 18.7. The molecule has 7 N–H and O–H groups in total. The van der Waals surface area contributed by atoms with Crippen molar-refractivity contribution >= 4 is 29.5 Å². The largest absolute Gasteiger partial charge is 0.480 e. The molecule has 0 aromatic rings. The molecule has 2 unspecified atom stereocenters. The van der Waals surface area contributed by atoms with E-state index in [1.165, 1.54) is 0 Å². The molecule has 9 heteroatoms. The molecule has 0 saturated carbocycles. The average Bonchev–Trinajstić information content (AvgIpc) is 2.40. The van der Waals surface area contributed by atoms with E-state index in [9.17, 15) is 14.4 Å². The van der Waals surface area contributed by atoms with Crippen molar-refractivity contribution in [3.63, 3.8) is 0 Å². The van der Waals surface area contributed by atoms with Crippen molar-refractivity contribution in [1.82, 2.24) is 10.6 Å². The Labute approximate surface area is 122 Å². The summed E-state index contributed by atoms with van der Waals surface area (Å²) in [5.74, 6) is -1.46. The first-order valence-electron chi connectivity index (χ1n) is 6.16. The van der Waals surface area contributed by atoms with Gasteiger partial charge in [-0.05, 0) is 18.4 Å². The van der Waals surface area contributed by atoms with Gasteiger partial charge >= 0.3 is 5.97 Å². The van der Waals surface area contributed by atoms with E-state index in [2.05, 4.69) is 10.6 Å². The minimum absolute atomic E-state index is 0.304. The Morgan fingerprint density at radius 2 is 2.00 bits per heavy atom. The minimum atomic E-state index is -1.27. The molecule has 0 aromatic carbocycles. The van der Waals surface area contributed by atoms with Gasteiger partial charge in [0.2, 0.25) is 11.8 Å². The molecule has 0 bridgehead atoms. The Hall–Kier alpha value is -1.32. The molecule has 0 aliphatic rings. The van der Waals surface area contributed by atoms with Crippen LogP contribution in [0.3, 0.4) is 0 Å². The van der Waals surface area contributed by atoms with Crippen LogP contribution in [0.5, 0.6) is 0 Å². The van der Waals surface area contributed by atoms with Crippen LogP contribution in [-0.2, 0) is 14.4 Å². The fourth-order valence-electron chi connectivity index (χ4n) is 1.36.